The van der Waals surface area contributed by atoms with Crippen LogP contribution >= 0.6 is 11.8 Å². The Morgan fingerprint density at radius 1 is 1.11 bits per heavy atom. The van der Waals surface area contributed by atoms with Crippen molar-refractivity contribution in [1.82, 2.24) is 20.1 Å². The van der Waals surface area contributed by atoms with Crippen molar-refractivity contribution < 1.29 is 0 Å². The normalized spacial score (nSPS) is 32.2. The van der Waals surface area contributed by atoms with Gasteiger partial charge < -0.3 is 9.88 Å². The molecule has 2 unspecified atom stereocenters. The molecule has 1 saturated carbocycles. The van der Waals surface area contributed by atoms with E-state index < -0.39 is 0 Å². The zero-order valence-corrected chi connectivity index (χ0v) is 11.5. The van der Waals surface area contributed by atoms with E-state index in [1.807, 2.05) is 0 Å². The summed E-state index contributed by atoms with van der Waals surface area (Å²) in [5.74, 6) is 4.57. The highest BCUT2D eigenvalue weighted by Crippen LogP contribution is 2.43. The molecule has 0 spiro atoms. The summed E-state index contributed by atoms with van der Waals surface area (Å²) in [6.45, 7) is 2.13. The Kier molecular flexibility index (Phi) is 2.84. The number of nitrogens with zero attached hydrogens (tertiary/aromatic N) is 3. The van der Waals surface area contributed by atoms with Gasteiger partial charge in [0.2, 0.25) is 0 Å². The smallest absolute Gasteiger partial charge is 0.150 e. The lowest BCUT2D eigenvalue weighted by atomic mass is 10.1. The molecule has 98 valence electrons. The van der Waals surface area contributed by atoms with Gasteiger partial charge in [0.25, 0.3) is 0 Å². The van der Waals surface area contributed by atoms with E-state index >= 15 is 0 Å². The van der Waals surface area contributed by atoms with Crippen molar-refractivity contribution in [3.63, 3.8) is 0 Å². The second-order valence-electron chi connectivity index (χ2n) is 5.69. The van der Waals surface area contributed by atoms with E-state index in [4.69, 9.17) is 0 Å². The van der Waals surface area contributed by atoms with Crippen molar-refractivity contribution >= 4 is 11.8 Å². The zero-order chi connectivity index (χ0) is 11.9. The van der Waals surface area contributed by atoms with Gasteiger partial charge >= 0.3 is 0 Å². The highest BCUT2D eigenvalue weighted by molar-refractivity contribution is 7.99. The van der Waals surface area contributed by atoms with E-state index in [2.05, 4.69) is 31.8 Å². The van der Waals surface area contributed by atoms with Crippen LogP contribution in [0.2, 0.25) is 0 Å². The quantitative estimate of drug-likeness (QED) is 0.890. The maximum Gasteiger partial charge on any atom is 0.150 e. The summed E-state index contributed by atoms with van der Waals surface area (Å²) in [6.07, 6.45) is 6.72. The largest absolute Gasteiger partial charge is 0.311 e. The SMILES string of the molecule is C1CCC(c2nnc3n2CCNC3C2CC2)SC1. The van der Waals surface area contributed by atoms with Crippen LogP contribution in [0.25, 0.3) is 0 Å². The van der Waals surface area contributed by atoms with Gasteiger partial charge in [-0.1, -0.05) is 6.42 Å². The Balaban J connectivity index is 1.64. The summed E-state index contributed by atoms with van der Waals surface area (Å²) >= 11 is 2.08. The number of rotatable bonds is 2. The van der Waals surface area contributed by atoms with Crippen molar-refractivity contribution in [2.45, 2.75) is 49.9 Å². The molecule has 0 amide bonds. The van der Waals surface area contributed by atoms with Gasteiger partial charge in [-0.2, -0.15) is 11.8 Å². The maximum atomic E-state index is 4.53. The molecular formula is C13H20N4S. The molecule has 5 heteroatoms. The Morgan fingerprint density at radius 3 is 2.78 bits per heavy atom. The molecular weight excluding hydrogens is 244 g/mol. The second-order valence-corrected chi connectivity index (χ2v) is 7.00. The molecule has 0 bridgehead atoms. The molecule has 1 saturated heterocycles. The van der Waals surface area contributed by atoms with Crippen molar-refractivity contribution in [2.24, 2.45) is 5.92 Å². The Bertz CT molecular complexity index is 434. The lowest BCUT2D eigenvalue weighted by molar-refractivity contribution is 0.375. The maximum absolute atomic E-state index is 4.53. The van der Waals surface area contributed by atoms with Gasteiger partial charge in [-0.3, -0.25) is 0 Å². The molecule has 1 aromatic rings. The third kappa shape index (κ3) is 1.88. The van der Waals surface area contributed by atoms with Crippen molar-refractivity contribution in [2.75, 3.05) is 12.3 Å². The summed E-state index contributed by atoms with van der Waals surface area (Å²) in [5.41, 5.74) is 0. The van der Waals surface area contributed by atoms with Crippen LogP contribution in [0.15, 0.2) is 0 Å². The van der Waals surface area contributed by atoms with Crippen LogP contribution in [-0.4, -0.2) is 27.1 Å². The summed E-state index contributed by atoms with van der Waals surface area (Å²) < 4.78 is 2.42. The van der Waals surface area contributed by atoms with Crippen molar-refractivity contribution in [3.8, 4) is 0 Å². The summed E-state index contributed by atoms with van der Waals surface area (Å²) in [6, 6.07) is 0.480. The molecule has 3 aliphatic rings. The summed E-state index contributed by atoms with van der Waals surface area (Å²) in [7, 11) is 0. The van der Waals surface area contributed by atoms with E-state index in [0.717, 1.165) is 19.0 Å². The van der Waals surface area contributed by atoms with Gasteiger partial charge in [0.1, 0.15) is 5.82 Å². The van der Waals surface area contributed by atoms with Crippen LogP contribution in [0.5, 0.6) is 0 Å². The molecule has 1 aromatic heterocycles. The predicted octanol–water partition coefficient (Wildman–Crippen LogP) is 2.29. The predicted molar refractivity (Wildman–Crippen MR) is 72.5 cm³/mol. The molecule has 0 aromatic carbocycles. The van der Waals surface area contributed by atoms with Crippen LogP contribution in [0.1, 0.15) is 55.0 Å². The van der Waals surface area contributed by atoms with Gasteiger partial charge in [0.05, 0.1) is 11.3 Å². The van der Waals surface area contributed by atoms with Gasteiger partial charge in [0.15, 0.2) is 5.82 Å². The van der Waals surface area contributed by atoms with Gasteiger partial charge in [0, 0.05) is 13.1 Å². The molecule has 2 fully saturated rings. The summed E-state index contributed by atoms with van der Waals surface area (Å²) in [5, 5.41) is 13.3. The average Bonchev–Trinajstić information content (AvgIpc) is 3.18. The van der Waals surface area contributed by atoms with E-state index in [9.17, 15) is 0 Å². The van der Waals surface area contributed by atoms with Gasteiger partial charge in [-0.25, -0.2) is 0 Å². The van der Waals surface area contributed by atoms with Crippen molar-refractivity contribution in [3.05, 3.63) is 11.6 Å². The van der Waals surface area contributed by atoms with E-state index in [1.54, 1.807) is 0 Å². The fraction of sp³-hybridized carbons (Fsp3) is 0.846. The molecule has 3 heterocycles. The summed E-state index contributed by atoms with van der Waals surface area (Å²) in [4.78, 5) is 0. The minimum atomic E-state index is 0.480. The van der Waals surface area contributed by atoms with Crippen LogP contribution in [-0.2, 0) is 6.54 Å². The molecule has 2 atom stereocenters. The number of hydrogen-bond acceptors (Lipinski definition) is 4. The van der Waals surface area contributed by atoms with Crippen LogP contribution in [0.3, 0.4) is 0 Å². The first-order valence-electron chi connectivity index (χ1n) is 7.21. The van der Waals surface area contributed by atoms with E-state index in [0.29, 0.717) is 11.3 Å². The Hall–Kier alpha value is -0.550. The average molecular weight is 264 g/mol. The Morgan fingerprint density at radius 2 is 2.00 bits per heavy atom. The molecule has 2 aliphatic heterocycles. The first-order valence-corrected chi connectivity index (χ1v) is 8.26. The van der Waals surface area contributed by atoms with E-state index in [1.165, 1.54) is 49.5 Å². The standard InChI is InChI=1S/C13H20N4S/c1-2-8-18-10(3-1)12-15-16-13-11(9-4-5-9)14-6-7-17(12)13/h9-11,14H,1-8H2. The molecule has 4 rings (SSSR count). The lowest BCUT2D eigenvalue weighted by Crippen LogP contribution is -2.35. The van der Waals surface area contributed by atoms with Crippen molar-refractivity contribution in [1.29, 1.82) is 0 Å². The first-order chi connectivity index (χ1) is 8.93. The monoisotopic (exact) mass is 264 g/mol. The number of fused-ring (bicyclic) bond motifs is 1. The number of nitrogens with one attached hydrogen (secondary N) is 1. The second kappa shape index (κ2) is 4.53. The minimum absolute atomic E-state index is 0.480. The first kappa shape index (κ1) is 11.3. The van der Waals surface area contributed by atoms with Crippen LogP contribution in [0, 0.1) is 5.92 Å². The van der Waals surface area contributed by atoms with E-state index in [-0.39, 0.29) is 0 Å². The third-order valence-electron chi connectivity index (χ3n) is 4.35. The molecule has 4 nitrogen and oxygen atoms in total. The number of thioether (sulfide) groups is 1. The fourth-order valence-corrected chi connectivity index (χ4v) is 4.51. The molecule has 1 aliphatic carbocycles. The topological polar surface area (TPSA) is 42.7 Å². The minimum Gasteiger partial charge on any atom is -0.311 e. The number of hydrogen-bond donors (Lipinski definition) is 1. The highest BCUT2D eigenvalue weighted by atomic mass is 32.2. The van der Waals surface area contributed by atoms with Gasteiger partial charge in [-0.15, -0.1) is 10.2 Å². The lowest BCUT2D eigenvalue weighted by Gasteiger charge is -2.27. The van der Waals surface area contributed by atoms with Crippen LogP contribution in [0.4, 0.5) is 0 Å². The molecule has 1 N–H and O–H groups in total. The number of aromatic nitrogens is 3. The zero-order valence-electron chi connectivity index (χ0n) is 10.6. The van der Waals surface area contributed by atoms with Crippen LogP contribution < -0.4 is 5.32 Å². The van der Waals surface area contributed by atoms with Gasteiger partial charge in [-0.05, 0) is 37.4 Å². The highest BCUT2D eigenvalue weighted by Gasteiger charge is 2.38. The fourth-order valence-electron chi connectivity index (χ4n) is 3.20. The third-order valence-corrected chi connectivity index (χ3v) is 5.72. The Labute approximate surface area is 112 Å². The molecule has 0 radical (unpaired) electrons. The molecule has 18 heavy (non-hydrogen) atoms.